The summed E-state index contributed by atoms with van der Waals surface area (Å²) >= 11 is 0. The standard InChI is InChI=1S/C37H39N/c1-5-29-10-20-34(21-11-29)38(35-22-12-30(6-2)13-23-35)36-24-16-32(17-25-36)31-14-18-33(19-15-31)37(7-3)26-8-9-28(4)27-37/h5,10-25H,1,4,6-9,26-27H2,2-3H3. The lowest BCUT2D eigenvalue weighted by molar-refractivity contribution is 0.330. The number of hydrogen-bond acceptors (Lipinski definition) is 1. The molecule has 192 valence electrons. The van der Waals surface area contributed by atoms with E-state index in [-0.39, 0.29) is 5.41 Å². The Balaban J connectivity index is 1.44. The van der Waals surface area contributed by atoms with E-state index in [0.717, 1.165) is 35.5 Å². The van der Waals surface area contributed by atoms with Crippen molar-refractivity contribution >= 4 is 23.1 Å². The molecule has 38 heavy (non-hydrogen) atoms. The third-order valence-corrected chi connectivity index (χ3v) is 8.40. The van der Waals surface area contributed by atoms with Crippen LogP contribution in [-0.2, 0) is 11.8 Å². The zero-order valence-electron chi connectivity index (χ0n) is 22.9. The van der Waals surface area contributed by atoms with Crippen molar-refractivity contribution in [1.29, 1.82) is 0 Å². The topological polar surface area (TPSA) is 3.24 Å². The molecular weight excluding hydrogens is 458 g/mol. The highest BCUT2D eigenvalue weighted by Crippen LogP contribution is 2.44. The average Bonchev–Trinajstić information content (AvgIpc) is 2.98. The van der Waals surface area contributed by atoms with Gasteiger partial charge in [0.25, 0.3) is 0 Å². The Morgan fingerprint density at radius 1 is 0.737 bits per heavy atom. The molecule has 0 spiro atoms. The number of hydrogen-bond donors (Lipinski definition) is 0. The van der Waals surface area contributed by atoms with Crippen LogP contribution in [0.3, 0.4) is 0 Å². The molecule has 0 bridgehead atoms. The Bertz CT molecular complexity index is 1380. The number of anilines is 3. The summed E-state index contributed by atoms with van der Waals surface area (Å²) in [6.07, 6.45) is 8.92. The minimum Gasteiger partial charge on any atom is -0.311 e. The maximum absolute atomic E-state index is 4.32. The molecule has 0 N–H and O–H groups in total. The summed E-state index contributed by atoms with van der Waals surface area (Å²) in [5, 5.41) is 0. The van der Waals surface area contributed by atoms with Crippen LogP contribution in [0.15, 0.2) is 116 Å². The van der Waals surface area contributed by atoms with E-state index in [1.54, 1.807) is 0 Å². The minimum atomic E-state index is 0.257. The van der Waals surface area contributed by atoms with E-state index in [1.807, 2.05) is 6.08 Å². The van der Waals surface area contributed by atoms with Gasteiger partial charge in [0.15, 0.2) is 0 Å². The fourth-order valence-corrected chi connectivity index (χ4v) is 5.99. The summed E-state index contributed by atoms with van der Waals surface area (Å²) in [4.78, 5) is 2.32. The normalized spacial score (nSPS) is 17.3. The highest BCUT2D eigenvalue weighted by Gasteiger charge is 2.33. The molecule has 4 aromatic rings. The van der Waals surface area contributed by atoms with E-state index in [1.165, 1.54) is 53.5 Å². The zero-order valence-corrected chi connectivity index (χ0v) is 22.9. The minimum absolute atomic E-state index is 0.257. The molecule has 1 unspecified atom stereocenters. The monoisotopic (exact) mass is 497 g/mol. The average molecular weight is 498 g/mol. The fraction of sp³-hybridized carbons (Fsp3) is 0.243. The molecule has 1 aliphatic carbocycles. The molecule has 0 aromatic heterocycles. The van der Waals surface area contributed by atoms with Crippen LogP contribution in [-0.4, -0.2) is 0 Å². The second-order valence-electron chi connectivity index (χ2n) is 10.7. The summed E-state index contributed by atoms with van der Waals surface area (Å²) in [7, 11) is 0. The molecule has 4 aromatic carbocycles. The summed E-state index contributed by atoms with van der Waals surface area (Å²) in [6, 6.07) is 35.7. The summed E-state index contributed by atoms with van der Waals surface area (Å²) in [5.74, 6) is 0. The Hall–Kier alpha value is -3.84. The highest BCUT2D eigenvalue weighted by molar-refractivity contribution is 5.79. The van der Waals surface area contributed by atoms with Crippen molar-refractivity contribution in [2.24, 2.45) is 0 Å². The smallest absolute Gasteiger partial charge is 0.0462 e. The Morgan fingerprint density at radius 3 is 1.76 bits per heavy atom. The lowest BCUT2D eigenvalue weighted by atomic mass is 9.66. The molecular formula is C37H39N. The number of nitrogens with zero attached hydrogens (tertiary/aromatic N) is 1. The van der Waals surface area contributed by atoms with Crippen LogP contribution in [0.25, 0.3) is 17.2 Å². The first-order valence-corrected chi connectivity index (χ1v) is 14.0. The van der Waals surface area contributed by atoms with Gasteiger partial charge in [-0.2, -0.15) is 0 Å². The van der Waals surface area contributed by atoms with Crippen molar-refractivity contribution < 1.29 is 0 Å². The van der Waals surface area contributed by atoms with E-state index in [0.29, 0.717) is 0 Å². The molecule has 1 heteroatoms. The first-order chi connectivity index (χ1) is 18.5. The Kier molecular flexibility index (Phi) is 7.65. The van der Waals surface area contributed by atoms with Gasteiger partial charge < -0.3 is 4.90 Å². The van der Waals surface area contributed by atoms with E-state index < -0.39 is 0 Å². The lowest BCUT2D eigenvalue weighted by Gasteiger charge is -2.38. The van der Waals surface area contributed by atoms with Gasteiger partial charge >= 0.3 is 0 Å². The van der Waals surface area contributed by atoms with Gasteiger partial charge in [-0.25, -0.2) is 0 Å². The van der Waals surface area contributed by atoms with Crippen LogP contribution < -0.4 is 4.90 Å². The highest BCUT2D eigenvalue weighted by atomic mass is 15.1. The third-order valence-electron chi connectivity index (χ3n) is 8.40. The van der Waals surface area contributed by atoms with Crippen molar-refractivity contribution in [1.82, 2.24) is 0 Å². The van der Waals surface area contributed by atoms with Crippen molar-refractivity contribution in [2.45, 2.75) is 57.8 Å². The van der Waals surface area contributed by atoms with Crippen LogP contribution >= 0.6 is 0 Å². The van der Waals surface area contributed by atoms with Crippen molar-refractivity contribution in [3.63, 3.8) is 0 Å². The first kappa shape index (κ1) is 25.8. The predicted octanol–water partition coefficient (Wildman–Crippen LogP) is 10.8. The number of allylic oxidation sites excluding steroid dienone is 1. The van der Waals surface area contributed by atoms with Crippen LogP contribution in [0, 0.1) is 0 Å². The van der Waals surface area contributed by atoms with Gasteiger partial charge in [-0.3, -0.25) is 0 Å². The summed E-state index contributed by atoms with van der Waals surface area (Å²) in [6.45, 7) is 12.8. The number of aryl methyl sites for hydroxylation is 1. The molecule has 0 heterocycles. The van der Waals surface area contributed by atoms with Gasteiger partial charge in [-0.15, -0.1) is 0 Å². The molecule has 0 aliphatic heterocycles. The van der Waals surface area contributed by atoms with Gasteiger partial charge in [0.05, 0.1) is 0 Å². The van der Waals surface area contributed by atoms with Gasteiger partial charge in [0.2, 0.25) is 0 Å². The number of rotatable bonds is 8. The molecule has 0 radical (unpaired) electrons. The first-order valence-electron chi connectivity index (χ1n) is 14.0. The van der Waals surface area contributed by atoms with Crippen LogP contribution in [0.5, 0.6) is 0 Å². The Labute approximate surface area is 229 Å². The molecule has 1 nitrogen and oxygen atoms in total. The lowest BCUT2D eigenvalue weighted by Crippen LogP contribution is -2.28. The molecule has 5 rings (SSSR count). The fourth-order valence-electron chi connectivity index (χ4n) is 5.99. The summed E-state index contributed by atoms with van der Waals surface area (Å²) in [5.41, 5.74) is 11.5. The quantitative estimate of drug-likeness (QED) is 0.219. The van der Waals surface area contributed by atoms with Gasteiger partial charge in [-0.1, -0.05) is 99.3 Å². The molecule has 1 saturated carbocycles. The molecule has 1 aliphatic rings. The second kappa shape index (κ2) is 11.3. The molecule has 0 amide bonds. The Morgan fingerprint density at radius 2 is 1.26 bits per heavy atom. The van der Waals surface area contributed by atoms with Crippen LogP contribution in [0.4, 0.5) is 17.1 Å². The van der Waals surface area contributed by atoms with Crippen molar-refractivity contribution in [2.75, 3.05) is 4.90 Å². The molecule has 1 fully saturated rings. The maximum atomic E-state index is 4.32. The predicted molar refractivity (Wildman–Crippen MR) is 166 cm³/mol. The van der Waals surface area contributed by atoms with Gasteiger partial charge in [0.1, 0.15) is 0 Å². The third kappa shape index (κ3) is 5.24. The van der Waals surface area contributed by atoms with Gasteiger partial charge in [-0.05, 0) is 108 Å². The van der Waals surface area contributed by atoms with Crippen LogP contribution in [0.1, 0.15) is 62.6 Å². The second-order valence-corrected chi connectivity index (χ2v) is 10.7. The SMILES string of the molecule is C=Cc1ccc(N(c2ccc(CC)cc2)c2ccc(-c3ccc(C4(CC)CCCC(=C)C4)cc3)cc2)cc1. The van der Waals surface area contributed by atoms with Crippen LogP contribution in [0.2, 0.25) is 0 Å². The summed E-state index contributed by atoms with van der Waals surface area (Å²) < 4.78 is 0. The van der Waals surface area contributed by atoms with Crippen molar-refractivity contribution in [3.05, 3.63) is 132 Å². The van der Waals surface area contributed by atoms with Crippen molar-refractivity contribution in [3.8, 4) is 11.1 Å². The zero-order chi connectivity index (χ0) is 26.5. The van der Waals surface area contributed by atoms with Gasteiger partial charge in [0, 0.05) is 17.1 Å². The van der Waals surface area contributed by atoms with E-state index in [9.17, 15) is 0 Å². The van der Waals surface area contributed by atoms with E-state index in [2.05, 4.69) is 129 Å². The van der Waals surface area contributed by atoms with E-state index in [4.69, 9.17) is 0 Å². The van der Waals surface area contributed by atoms with E-state index >= 15 is 0 Å². The maximum Gasteiger partial charge on any atom is 0.0462 e. The molecule has 0 saturated heterocycles. The molecule has 1 atom stereocenters. The largest absolute Gasteiger partial charge is 0.311 e. The number of benzene rings is 4.